The zero-order valence-electron chi connectivity index (χ0n) is 10.2. The van der Waals surface area contributed by atoms with Gasteiger partial charge in [0, 0.05) is 18.6 Å². The molecule has 0 unspecified atom stereocenters. The lowest BCUT2D eigenvalue weighted by Gasteiger charge is -2.06. The third-order valence-corrected chi connectivity index (χ3v) is 2.72. The van der Waals surface area contributed by atoms with Crippen molar-refractivity contribution in [3.8, 4) is 11.5 Å². The molecule has 0 aliphatic heterocycles. The van der Waals surface area contributed by atoms with Crippen molar-refractivity contribution in [3.05, 3.63) is 48.4 Å². The van der Waals surface area contributed by atoms with Crippen LogP contribution in [0.3, 0.4) is 0 Å². The Morgan fingerprint density at radius 3 is 2.55 bits per heavy atom. The summed E-state index contributed by atoms with van der Waals surface area (Å²) in [6, 6.07) is 6.45. The summed E-state index contributed by atoms with van der Waals surface area (Å²) >= 11 is 0. The molecule has 0 amide bonds. The van der Waals surface area contributed by atoms with Gasteiger partial charge in [0.1, 0.15) is 5.69 Å². The summed E-state index contributed by atoms with van der Waals surface area (Å²) in [5, 5.41) is 4.20. The number of hydrogen-bond donors (Lipinski definition) is 0. The number of alkyl halides is 3. The number of rotatable bonds is 2. The molecule has 0 aliphatic carbocycles. The van der Waals surface area contributed by atoms with Crippen LogP contribution in [0.2, 0.25) is 0 Å². The molecular formula is C13H9F3N4. The van der Waals surface area contributed by atoms with E-state index in [1.165, 1.54) is 16.8 Å². The molecule has 3 heterocycles. The largest absolute Gasteiger partial charge is 0.393 e. The lowest BCUT2D eigenvalue weighted by Crippen LogP contribution is -2.11. The van der Waals surface area contributed by atoms with Gasteiger partial charge in [-0.3, -0.25) is 0 Å². The van der Waals surface area contributed by atoms with E-state index in [0.717, 1.165) is 0 Å². The summed E-state index contributed by atoms with van der Waals surface area (Å²) in [6.07, 6.45) is -0.662. The Labute approximate surface area is 111 Å². The van der Waals surface area contributed by atoms with Gasteiger partial charge in [0.15, 0.2) is 5.82 Å². The predicted octanol–water partition coefficient (Wildman–Crippen LogP) is 2.90. The van der Waals surface area contributed by atoms with E-state index < -0.39 is 12.6 Å². The van der Waals surface area contributed by atoms with Crippen LogP contribution < -0.4 is 0 Å². The Bertz CT molecular complexity index is 734. The van der Waals surface area contributed by atoms with E-state index >= 15 is 0 Å². The second-order valence-corrected chi connectivity index (χ2v) is 4.30. The highest BCUT2D eigenvalue weighted by molar-refractivity contribution is 5.60. The molecule has 0 fully saturated rings. The maximum absolute atomic E-state index is 12.4. The first-order chi connectivity index (χ1) is 9.51. The van der Waals surface area contributed by atoms with Gasteiger partial charge in [-0.25, -0.2) is 14.5 Å². The van der Waals surface area contributed by atoms with Crippen molar-refractivity contribution in [1.29, 1.82) is 0 Å². The normalized spacial score (nSPS) is 11.9. The smallest absolute Gasteiger partial charge is 0.240 e. The van der Waals surface area contributed by atoms with E-state index in [1.807, 2.05) is 0 Å². The molecule has 0 aliphatic rings. The van der Waals surface area contributed by atoms with Gasteiger partial charge in [-0.1, -0.05) is 6.07 Å². The fourth-order valence-corrected chi connectivity index (χ4v) is 1.91. The lowest BCUT2D eigenvalue weighted by atomic mass is 10.2. The van der Waals surface area contributed by atoms with Gasteiger partial charge < -0.3 is 0 Å². The number of fused-ring (bicyclic) bond motifs is 1. The summed E-state index contributed by atoms with van der Waals surface area (Å²) in [6.45, 7) is 0. The van der Waals surface area contributed by atoms with Crippen LogP contribution in [-0.2, 0) is 6.42 Å². The third-order valence-electron chi connectivity index (χ3n) is 2.72. The van der Waals surface area contributed by atoms with Gasteiger partial charge >= 0.3 is 6.18 Å². The van der Waals surface area contributed by atoms with Crippen LogP contribution in [0.1, 0.15) is 5.56 Å². The van der Waals surface area contributed by atoms with Crippen LogP contribution in [0.25, 0.3) is 17.0 Å². The molecule has 0 aromatic carbocycles. The minimum absolute atomic E-state index is 0.161. The molecule has 0 radical (unpaired) electrons. The highest BCUT2D eigenvalue weighted by atomic mass is 19.4. The molecule has 3 aromatic rings. The van der Waals surface area contributed by atoms with Crippen LogP contribution >= 0.6 is 0 Å². The Hall–Kier alpha value is -2.44. The molecule has 4 nitrogen and oxygen atoms in total. The van der Waals surface area contributed by atoms with Gasteiger partial charge in [-0.05, 0) is 23.8 Å². The van der Waals surface area contributed by atoms with Crippen molar-refractivity contribution in [2.75, 3.05) is 0 Å². The zero-order valence-corrected chi connectivity index (χ0v) is 10.2. The molecule has 0 saturated carbocycles. The first-order valence-electron chi connectivity index (χ1n) is 5.84. The number of halogens is 3. The van der Waals surface area contributed by atoms with Gasteiger partial charge in [-0.15, -0.1) is 0 Å². The van der Waals surface area contributed by atoms with Crippen molar-refractivity contribution in [1.82, 2.24) is 19.6 Å². The van der Waals surface area contributed by atoms with Crippen molar-refractivity contribution in [2.45, 2.75) is 12.6 Å². The first kappa shape index (κ1) is 12.6. The maximum atomic E-state index is 12.4. The molecule has 0 bridgehead atoms. The highest BCUT2D eigenvalue weighted by Gasteiger charge is 2.27. The van der Waals surface area contributed by atoms with Crippen LogP contribution in [0.5, 0.6) is 0 Å². The van der Waals surface area contributed by atoms with Gasteiger partial charge in [-0.2, -0.15) is 18.3 Å². The van der Waals surface area contributed by atoms with Crippen LogP contribution in [0, 0.1) is 0 Å². The summed E-state index contributed by atoms with van der Waals surface area (Å²) in [5.41, 5.74) is 1.38. The summed E-state index contributed by atoms with van der Waals surface area (Å²) in [4.78, 5) is 8.12. The Morgan fingerprint density at radius 2 is 1.85 bits per heavy atom. The molecule has 0 N–H and O–H groups in total. The first-order valence-corrected chi connectivity index (χ1v) is 5.84. The van der Waals surface area contributed by atoms with E-state index in [-0.39, 0.29) is 5.56 Å². The fraction of sp³-hybridized carbons (Fsp3) is 0.154. The van der Waals surface area contributed by atoms with E-state index in [0.29, 0.717) is 17.0 Å². The van der Waals surface area contributed by atoms with Crippen LogP contribution in [0.15, 0.2) is 42.9 Å². The Kier molecular flexibility index (Phi) is 2.89. The minimum atomic E-state index is -4.23. The molecule has 102 valence electrons. The van der Waals surface area contributed by atoms with Crippen molar-refractivity contribution in [2.24, 2.45) is 0 Å². The molecule has 3 aromatic heterocycles. The number of pyridine rings is 1. The molecule has 3 rings (SSSR count). The van der Waals surface area contributed by atoms with E-state index in [9.17, 15) is 13.2 Å². The van der Waals surface area contributed by atoms with Crippen molar-refractivity contribution >= 4 is 5.52 Å². The molecule has 0 saturated heterocycles. The average Bonchev–Trinajstić information content (AvgIpc) is 2.81. The monoisotopic (exact) mass is 278 g/mol. The molecule has 7 heteroatoms. The molecule has 0 atom stereocenters. The minimum Gasteiger partial charge on any atom is -0.240 e. The van der Waals surface area contributed by atoms with Crippen LogP contribution in [0.4, 0.5) is 13.2 Å². The summed E-state index contributed by atoms with van der Waals surface area (Å²) < 4.78 is 38.5. The van der Waals surface area contributed by atoms with Crippen molar-refractivity contribution in [3.63, 3.8) is 0 Å². The average molecular weight is 278 g/mol. The highest BCUT2D eigenvalue weighted by Crippen LogP contribution is 2.22. The standard InChI is InChI=1S/C13H9F3N4/c14-13(15,16)7-9-2-3-10-6-11(19-20(10)8-9)12-17-4-1-5-18-12/h1-6,8H,7H2. The maximum Gasteiger partial charge on any atom is 0.393 e. The molecular weight excluding hydrogens is 269 g/mol. The van der Waals surface area contributed by atoms with Gasteiger partial charge in [0.25, 0.3) is 0 Å². The molecule has 20 heavy (non-hydrogen) atoms. The second kappa shape index (κ2) is 4.59. The van der Waals surface area contributed by atoms with Crippen molar-refractivity contribution < 1.29 is 13.2 Å². The second-order valence-electron chi connectivity index (χ2n) is 4.30. The topological polar surface area (TPSA) is 43.1 Å². The number of aromatic nitrogens is 4. The van der Waals surface area contributed by atoms with Gasteiger partial charge in [0.05, 0.1) is 11.9 Å². The van der Waals surface area contributed by atoms with E-state index in [4.69, 9.17) is 0 Å². The summed E-state index contributed by atoms with van der Waals surface area (Å²) in [5.74, 6) is 0.438. The fourth-order valence-electron chi connectivity index (χ4n) is 1.91. The number of hydrogen-bond acceptors (Lipinski definition) is 3. The lowest BCUT2D eigenvalue weighted by molar-refractivity contribution is -0.127. The predicted molar refractivity (Wildman–Crippen MR) is 66.0 cm³/mol. The Morgan fingerprint density at radius 1 is 1.10 bits per heavy atom. The zero-order chi connectivity index (χ0) is 14.2. The van der Waals surface area contributed by atoms with Gasteiger partial charge in [0.2, 0.25) is 0 Å². The van der Waals surface area contributed by atoms with E-state index in [1.54, 1.807) is 30.6 Å². The quantitative estimate of drug-likeness (QED) is 0.724. The summed E-state index contributed by atoms with van der Waals surface area (Å²) in [7, 11) is 0. The number of nitrogens with zero attached hydrogens (tertiary/aromatic N) is 4. The van der Waals surface area contributed by atoms with Crippen LogP contribution in [-0.4, -0.2) is 25.8 Å². The third kappa shape index (κ3) is 2.61. The van der Waals surface area contributed by atoms with E-state index in [2.05, 4.69) is 15.1 Å². The SMILES string of the molecule is FC(F)(F)Cc1ccc2cc(-c3ncccn3)nn2c1. The Balaban J connectivity index is 2.00. The molecule has 0 spiro atoms.